The maximum atomic E-state index is 12.7. The molecule has 0 atom stereocenters. The predicted molar refractivity (Wildman–Crippen MR) is 52.1 cm³/mol. The average Bonchev–Trinajstić information content (AvgIpc) is 2.34. The fraction of sp³-hybridized carbons (Fsp3) is 0.400. The quantitative estimate of drug-likeness (QED) is 0.633. The number of hydrogen-bond acceptors (Lipinski definition) is 4. The molecule has 0 aliphatic heterocycles. The van der Waals surface area contributed by atoms with Gasteiger partial charge in [0.25, 0.3) is 6.43 Å². The highest BCUT2D eigenvalue weighted by molar-refractivity contribution is 5.89. The summed E-state index contributed by atoms with van der Waals surface area (Å²) in [4.78, 5) is 14.4. The number of carbonyl (C=O) groups is 1. The summed E-state index contributed by atoms with van der Waals surface area (Å²) in [5, 5.41) is 0. The number of alkyl halides is 5. The molecule has 0 saturated carbocycles. The zero-order valence-electron chi connectivity index (χ0n) is 9.72. The highest BCUT2D eigenvalue weighted by atomic mass is 19.4. The Labute approximate surface area is 104 Å². The summed E-state index contributed by atoms with van der Waals surface area (Å²) in [7, 11) is 1.77. The van der Waals surface area contributed by atoms with Gasteiger partial charge in [-0.1, -0.05) is 0 Å². The largest absolute Gasteiger partial charge is 0.481 e. The van der Waals surface area contributed by atoms with Crippen molar-refractivity contribution in [3.8, 4) is 5.88 Å². The van der Waals surface area contributed by atoms with E-state index in [1.807, 2.05) is 0 Å². The van der Waals surface area contributed by atoms with Crippen LogP contribution in [0.5, 0.6) is 5.88 Å². The number of pyridine rings is 1. The second-order valence-electron chi connectivity index (χ2n) is 3.27. The topological polar surface area (TPSA) is 48.4 Å². The second-order valence-corrected chi connectivity index (χ2v) is 3.27. The first-order valence-corrected chi connectivity index (χ1v) is 4.75. The van der Waals surface area contributed by atoms with Crippen molar-refractivity contribution in [3.05, 3.63) is 22.9 Å². The first kappa shape index (κ1) is 15.1. The van der Waals surface area contributed by atoms with Crippen LogP contribution in [0.3, 0.4) is 0 Å². The number of aromatic nitrogens is 1. The third kappa shape index (κ3) is 3.09. The Bertz CT molecular complexity index is 487. The summed E-state index contributed by atoms with van der Waals surface area (Å²) in [5.41, 5.74) is -3.57. The van der Waals surface area contributed by atoms with Crippen molar-refractivity contribution in [1.29, 1.82) is 0 Å². The summed E-state index contributed by atoms with van der Waals surface area (Å²) < 4.78 is 71.7. The number of nitrogens with zero attached hydrogens (tertiary/aromatic N) is 1. The van der Waals surface area contributed by atoms with Gasteiger partial charge in [-0.3, -0.25) is 0 Å². The first-order chi connectivity index (χ1) is 8.72. The maximum absolute atomic E-state index is 12.7. The molecule has 0 aliphatic rings. The lowest BCUT2D eigenvalue weighted by atomic mass is 10.1. The van der Waals surface area contributed by atoms with Gasteiger partial charge in [0.2, 0.25) is 5.88 Å². The molecule has 0 unspecified atom stereocenters. The smallest absolute Gasteiger partial charge is 0.421 e. The van der Waals surface area contributed by atoms with Crippen LogP contribution in [0.2, 0.25) is 0 Å². The van der Waals surface area contributed by atoms with Gasteiger partial charge in [0.1, 0.15) is 5.56 Å². The van der Waals surface area contributed by atoms with E-state index in [1.54, 1.807) is 0 Å². The summed E-state index contributed by atoms with van der Waals surface area (Å²) in [6.45, 7) is 0. The van der Waals surface area contributed by atoms with Crippen LogP contribution < -0.4 is 4.74 Å². The van der Waals surface area contributed by atoms with Gasteiger partial charge >= 0.3 is 12.1 Å². The third-order valence-corrected chi connectivity index (χ3v) is 2.13. The molecule has 9 heteroatoms. The van der Waals surface area contributed by atoms with Crippen LogP contribution in [0.1, 0.15) is 28.0 Å². The van der Waals surface area contributed by atoms with E-state index >= 15 is 0 Å². The predicted octanol–water partition coefficient (Wildman–Crippen LogP) is 2.83. The zero-order chi connectivity index (χ0) is 14.8. The molecule has 106 valence electrons. The molecule has 0 fully saturated rings. The van der Waals surface area contributed by atoms with E-state index in [4.69, 9.17) is 0 Å². The van der Waals surface area contributed by atoms with E-state index in [9.17, 15) is 26.7 Å². The van der Waals surface area contributed by atoms with Crippen LogP contribution in [0.15, 0.2) is 6.07 Å². The van der Waals surface area contributed by atoms with E-state index in [1.165, 1.54) is 0 Å². The molecule has 0 spiro atoms. The van der Waals surface area contributed by atoms with Crippen LogP contribution in [0.4, 0.5) is 22.0 Å². The van der Waals surface area contributed by atoms with Crippen LogP contribution >= 0.6 is 0 Å². The maximum Gasteiger partial charge on any atom is 0.421 e. The van der Waals surface area contributed by atoms with Gasteiger partial charge in [0.05, 0.1) is 19.8 Å². The van der Waals surface area contributed by atoms with Crippen LogP contribution in [0.25, 0.3) is 0 Å². The second kappa shape index (κ2) is 5.37. The standard InChI is InChI=1S/C10H8F5NO3/c1-18-8-5(10(13,14)15)3-4(7(11)12)6(16-8)9(17)19-2/h3,7H,1-2H3. The first-order valence-electron chi connectivity index (χ1n) is 4.75. The van der Waals surface area contributed by atoms with E-state index < -0.39 is 41.3 Å². The van der Waals surface area contributed by atoms with Crippen LogP contribution in [-0.2, 0) is 10.9 Å². The molecule has 0 radical (unpaired) electrons. The number of hydrogen-bond donors (Lipinski definition) is 0. The molecule has 19 heavy (non-hydrogen) atoms. The SMILES string of the molecule is COC(=O)c1nc(OC)c(C(F)(F)F)cc1C(F)F. The van der Waals surface area contributed by atoms with Crippen LogP contribution in [0, 0.1) is 0 Å². The summed E-state index contributed by atoms with van der Waals surface area (Å²) in [5.74, 6) is -2.25. The lowest BCUT2D eigenvalue weighted by Gasteiger charge is -2.14. The number of methoxy groups -OCH3 is 2. The van der Waals surface area contributed by atoms with Crippen molar-refractivity contribution in [2.75, 3.05) is 14.2 Å². The minimum atomic E-state index is -4.93. The minimum absolute atomic E-state index is 0.128. The molecule has 0 bridgehead atoms. The Morgan fingerprint density at radius 2 is 1.89 bits per heavy atom. The van der Waals surface area contributed by atoms with Crippen molar-refractivity contribution in [1.82, 2.24) is 4.98 Å². The summed E-state index contributed by atoms with van der Waals surface area (Å²) >= 11 is 0. The summed E-state index contributed by atoms with van der Waals surface area (Å²) in [6, 6.07) is 0.128. The number of rotatable bonds is 3. The molecule has 1 rings (SSSR count). The molecular weight excluding hydrogens is 277 g/mol. The van der Waals surface area contributed by atoms with Gasteiger partial charge in [-0.05, 0) is 6.07 Å². The zero-order valence-corrected chi connectivity index (χ0v) is 9.72. The number of halogens is 5. The Morgan fingerprint density at radius 1 is 1.32 bits per heavy atom. The normalized spacial score (nSPS) is 11.6. The molecule has 0 aromatic carbocycles. The van der Waals surface area contributed by atoms with Crippen molar-refractivity contribution in [2.45, 2.75) is 12.6 Å². The van der Waals surface area contributed by atoms with E-state index in [0.717, 1.165) is 14.2 Å². The lowest BCUT2D eigenvalue weighted by Crippen LogP contribution is -2.15. The molecule has 1 aromatic rings. The van der Waals surface area contributed by atoms with Crippen molar-refractivity contribution < 1.29 is 36.2 Å². The Balaban J connectivity index is 3.56. The van der Waals surface area contributed by atoms with E-state index in [-0.39, 0.29) is 6.07 Å². The van der Waals surface area contributed by atoms with Gasteiger partial charge < -0.3 is 9.47 Å². The summed E-state index contributed by atoms with van der Waals surface area (Å²) in [6.07, 6.45) is -8.25. The van der Waals surface area contributed by atoms with E-state index in [0.29, 0.717) is 0 Å². The third-order valence-electron chi connectivity index (χ3n) is 2.13. The Morgan fingerprint density at radius 3 is 2.26 bits per heavy atom. The van der Waals surface area contributed by atoms with Gasteiger partial charge in [0, 0.05) is 0 Å². The molecule has 0 aliphatic carbocycles. The lowest BCUT2D eigenvalue weighted by molar-refractivity contribution is -0.139. The van der Waals surface area contributed by atoms with Crippen molar-refractivity contribution in [3.63, 3.8) is 0 Å². The molecule has 0 saturated heterocycles. The highest BCUT2D eigenvalue weighted by Gasteiger charge is 2.38. The van der Waals surface area contributed by atoms with E-state index in [2.05, 4.69) is 14.5 Å². The Kier molecular flexibility index (Phi) is 4.28. The van der Waals surface area contributed by atoms with Crippen molar-refractivity contribution >= 4 is 5.97 Å². The Hall–Kier alpha value is -1.93. The highest BCUT2D eigenvalue weighted by Crippen LogP contribution is 2.38. The van der Waals surface area contributed by atoms with Crippen LogP contribution in [-0.4, -0.2) is 25.2 Å². The van der Waals surface area contributed by atoms with Gasteiger partial charge in [-0.2, -0.15) is 13.2 Å². The minimum Gasteiger partial charge on any atom is -0.481 e. The molecule has 1 aromatic heterocycles. The molecular formula is C10H8F5NO3. The van der Waals surface area contributed by atoms with Gasteiger partial charge in [0.15, 0.2) is 5.69 Å². The number of ether oxygens (including phenoxy) is 2. The molecule has 1 heterocycles. The van der Waals surface area contributed by atoms with Gasteiger partial charge in [-0.25, -0.2) is 18.6 Å². The number of esters is 1. The number of carbonyl (C=O) groups excluding carboxylic acids is 1. The fourth-order valence-electron chi connectivity index (χ4n) is 1.30. The molecule has 0 N–H and O–H groups in total. The average molecular weight is 285 g/mol. The fourth-order valence-corrected chi connectivity index (χ4v) is 1.30. The molecule has 0 amide bonds. The van der Waals surface area contributed by atoms with Crippen molar-refractivity contribution in [2.24, 2.45) is 0 Å². The monoisotopic (exact) mass is 285 g/mol. The van der Waals surface area contributed by atoms with Gasteiger partial charge in [-0.15, -0.1) is 0 Å². The molecule has 4 nitrogen and oxygen atoms in total.